The second-order valence-electron chi connectivity index (χ2n) is 5.09. The molecule has 0 aliphatic carbocycles. The maximum absolute atomic E-state index is 13.7. The molecule has 0 fully saturated rings. The number of hydrogen-bond donors (Lipinski definition) is 0. The van der Waals surface area contributed by atoms with Crippen molar-refractivity contribution in [1.29, 1.82) is 0 Å². The molecule has 0 unspecified atom stereocenters. The van der Waals surface area contributed by atoms with Gasteiger partial charge in [0.25, 0.3) is 0 Å². The summed E-state index contributed by atoms with van der Waals surface area (Å²) in [5.74, 6) is 0. The van der Waals surface area contributed by atoms with Crippen LogP contribution in [-0.4, -0.2) is 13.2 Å². The van der Waals surface area contributed by atoms with Gasteiger partial charge in [0.05, 0.1) is 39.3 Å². The van der Waals surface area contributed by atoms with E-state index in [2.05, 4.69) is 45.2 Å². The van der Waals surface area contributed by atoms with E-state index in [0.717, 1.165) is 25.3 Å². The third-order valence-electron chi connectivity index (χ3n) is 3.42. The molecule has 0 radical (unpaired) electrons. The SMILES string of the molecule is CCOP(=O)(OCC)c1c(-c2ccc(I)s2)sc(-c2ccc(I)s2)c1P=O. The van der Waals surface area contributed by atoms with Crippen molar-refractivity contribution in [2.75, 3.05) is 13.2 Å². The molecule has 3 aromatic rings. The average molecular weight is 682 g/mol. The molecule has 3 rings (SSSR count). The fraction of sp³-hybridized carbons (Fsp3) is 0.250. The molecule has 144 valence electrons. The number of hydrogen-bond acceptors (Lipinski definition) is 7. The molecular weight excluding hydrogens is 668 g/mol. The van der Waals surface area contributed by atoms with Gasteiger partial charge in [-0.2, -0.15) is 0 Å². The van der Waals surface area contributed by atoms with Gasteiger partial charge in [-0.05, 0) is 83.3 Å². The molecule has 0 saturated heterocycles. The van der Waals surface area contributed by atoms with Gasteiger partial charge in [0.15, 0.2) is 8.46 Å². The lowest BCUT2D eigenvalue weighted by molar-refractivity contribution is 0.230. The summed E-state index contributed by atoms with van der Waals surface area (Å²) in [4.78, 5) is 3.64. The van der Waals surface area contributed by atoms with Crippen molar-refractivity contribution in [3.8, 4) is 19.5 Å². The van der Waals surface area contributed by atoms with Crippen LogP contribution in [0.5, 0.6) is 0 Å². The summed E-state index contributed by atoms with van der Waals surface area (Å²) in [6.07, 6.45) is 0. The predicted molar refractivity (Wildman–Crippen MR) is 134 cm³/mol. The van der Waals surface area contributed by atoms with Crippen LogP contribution in [0, 0.1) is 5.77 Å². The Hall–Kier alpha value is 0.810. The molecule has 0 spiro atoms. The van der Waals surface area contributed by atoms with Crippen molar-refractivity contribution in [1.82, 2.24) is 0 Å². The standard InChI is InChI=1S/C16H14I2O4P2S3/c1-3-21-24(20,22-4-2)14-13(23-19)15(9-5-7-11(17)25-9)27-16(14)10-6-8-12(18)26-10/h5-8H,3-4H2,1-2H3. The zero-order valence-corrected chi connectivity index (χ0v) is 22.8. The van der Waals surface area contributed by atoms with Crippen molar-refractivity contribution in [2.45, 2.75) is 13.8 Å². The summed E-state index contributed by atoms with van der Waals surface area (Å²) in [7, 11) is -3.79. The monoisotopic (exact) mass is 682 g/mol. The van der Waals surface area contributed by atoms with Crippen molar-refractivity contribution in [2.24, 2.45) is 0 Å². The van der Waals surface area contributed by atoms with Crippen LogP contribution in [0.15, 0.2) is 24.3 Å². The van der Waals surface area contributed by atoms with Crippen LogP contribution in [0.25, 0.3) is 19.5 Å². The molecule has 0 N–H and O–H groups in total. The van der Waals surface area contributed by atoms with Gasteiger partial charge in [-0.25, -0.2) is 0 Å². The minimum atomic E-state index is -3.60. The quantitative estimate of drug-likeness (QED) is 0.186. The first-order valence-corrected chi connectivity index (χ1v) is 14.8. The normalized spacial score (nSPS) is 12.1. The topological polar surface area (TPSA) is 52.6 Å². The van der Waals surface area contributed by atoms with Gasteiger partial charge in [-0.15, -0.1) is 34.0 Å². The number of thiophene rings is 3. The molecule has 3 heterocycles. The highest BCUT2D eigenvalue weighted by atomic mass is 127. The summed E-state index contributed by atoms with van der Waals surface area (Å²) in [6, 6.07) is 8.03. The minimum Gasteiger partial charge on any atom is -0.305 e. The lowest BCUT2D eigenvalue weighted by Gasteiger charge is -2.18. The lowest BCUT2D eigenvalue weighted by atomic mass is 10.3. The molecule has 4 nitrogen and oxygen atoms in total. The third-order valence-corrected chi connectivity index (χ3v) is 12.1. The van der Waals surface area contributed by atoms with E-state index in [9.17, 15) is 9.13 Å². The van der Waals surface area contributed by atoms with E-state index >= 15 is 0 Å². The Morgan fingerprint density at radius 1 is 0.926 bits per heavy atom. The van der Waals surface area contributed by atoms with Crippen LogP contribution >= 0.6 is 95.2 Å². The van der Waals surface area contributed by atoms with Crippen molar-refractivity contribution in [3.63, 3.8) is 0 Å². The van der Waals surface area contributed by atoms with Gasteiger partial charge in [0.2, 0.25) is 0 Å². The molecule has 3 aromatic heterocycles. The highest BCUT2D eigenvalue weighted by molar-refractivity contribution is 14.1. The van der Waals surface area contributed by atoms with Gasteiger partial charge in [0, 0.05) is 9.75 Å². The molecule has 27 heavy (non-hydrogen) atoms. The Balaban J connectivity index is 2.33. The minimum absolute atomic E-state index is 0.193. The second-order valence-corrected chi connectivity index (χ2v) is 14.7. The molecule has 11 heteroatoms. The Bertz CT molecular complexity index is 1000. The first-order chi connectivity index (χ1) is 12.9. The van der Waals surface area contributed by atoms with Gasteiger partial charge in [-0.3, -0.25) is 9.13 Å². The smallest absolute Gasteiger partial charge is 0.305 e. The summed E-state index contributed by atoms with van der Waals surface area (Å²) >= 11 is 9.24. The number of rotatable bonds is 8. The van der Waals surface area contributed by atoms with E-state index in [0.29, 0.717) is 10.6 Å². The molecule has 0 saturated carbocycles. The van der Waals surface area contributed by atoms with Crippen molar-refractivity contribution < 1.29 is 18.2 Å². The molecule has 0 bridgehead atoms. The summed E-state index contributed by atoms with van der Waals surface area (Å²) in [5.41, 5.74) is 0. The summed E-state index contributed by atoms with van der Waals surface area (Å²) < 4.78 is 39.4. The fourth-order valence-electron chi connectivity index (χ4n) is 2.47. The van der Waals surface area contributed by atoms with E-state index in [-0.39, 0.29) is 21.7 Å². The zero-order chi connectivity index (χ0) is 19.6. The van der Waals surface area contributed by atoms with Gasteiger partial charge in [0.1, 0.15) is 0 Å². The van der Waals surface area contributed by atoms with Crippen molar-refractivity contribution in [3.05, 3.63) is 30.0 Å². The highest BCUT2D eigenvalue weighted by Crippen LogP contribution is 2.53. The van der Waals surface area contributed by atoms with E-state index in [1.807, 2.05) is 24.3 Å². The molecule has 0 aliphatic heterocycles. The Morgan fingerprint density at radius 2 is 1.44 bits per heavy atom. The molecule has 0 aromatic carbocycles. The Labute approximate surface area is 198 Å². The second kappa shape index (κ2) is 9.75. The van der Waals surface area contributed by atoms with Crippen LogP contribution in [0.3, 0.4) is 0 Å². The molecule has 0 atom stereocenters. The maximum Gasteiger partial charge on any atom is 0.363 e. The van der Waals surface area contributed by atoms with Gasteiger partial charge >= 0.3 is 7.60 Å². The van der Waals surface area contributed by atoms with Crippen LogP contribution in [0.2, 0.25) is 0 Å². The van der Waals surface area contributed by atoms with Gasteiger partial charge < -0.3 is 9.05 Å². The fourth-order valence-corrected chi connectivity index (χ4v) is 10.7. The van der Waals surface area contributed by atoms with E-state index in [1.54, 1.807) is 36.5 Å². The first kappa shape index (κ1) is 22.5. The summed E-state index contributed by atoms with van der Waals surface area (Å²) in [6.45, 7) is 4.05. The van der Waals surface area contributed by atoms with Gasteiger partial charge in [-0.1, -0.05) is 0 Å². The third kappa shape index (κ3) is 4.77. The van der Waals surface area contributed by atoms with E-state index in [4.69, 9.17) is 9.05 Å². The number of halogens is 2. The largest absolute Gasteiger partial charge is 0.363 e. The van der Waals surface area contributed by atoms with Crippen LogP contribution < -0.4 is 10.6 Å². The first-order valence-electron chi connectivity index (χ1n) is 7.84. The van der Waals surface area contributed by atoms with E-state index < -0.39 is 7.60 Å². The van der Waals surface area contributed by atoms with Crippen LogP contribution in [0.4, 0.5) is 0 Å². The molecule has 0 aliphatic rings. The van der Waals surface area contributed by atoms with Crippen LogP contribution in [0.1, 0.15) is 13.8 Å². The highest BCUT2D eigenvalue weighted by Gasteiger charge is 2.38. The van der Waals surface area contributed by atoms with E-state index in [1.165, 1.54) is 11.3 Å². The van der Waals surface area contributed by atoms with Crippen molar-refractivity contribution >= 4 is 106 Å². The summed E-state index contributed by atoms with van der Waals surface area (Å²) in [5, 5.41) is 0.936. The Kier molecular flexibility index (Phi) is 8.12. The van der Waals surface area contributed by atoms with Crippen LogP contribution in [-0.2, 0) is 18.2 Å². The molecule has 0 amide bonds. The average Bonchev–Trinajstić information content (AvgIpc) is 3.32. The molecular formula is C16H14I2O4P2S3. The Morgan fingerprint density at radius 3 is 1.85 bits per heavy atom. The zero-order valence-electron chi connectivity index (χ0n) is 14.2. The maximum atomic E-state index is 13.7. The lowest BCUT2D eigenvalue weighted by Crippen LogP contribution is -2.22. The predicted octanol–water partition coefficient (Wildman–Crippen LogP) is 7.22.